The normalized spacial score (nSPS) is 19.3. The van der Waals surface area contributed by atoms with E-state index in [9.17, 15) is 9.18 Å². The Kier molecular flexibility index (Phi) is 6.38. The Morgan fingerprint density at radius 1 is 1.13 bits per heavy atom. The van der Waals surface area contributed by atoms with Crippen LogP contribution in [0.15, 0.2) is 72.4 Å². The molecule has 0 saturated heterocycles. The topological polar surface area (TPSA) is 35.9 Å². The minimum atomic E-state index is -0.309. The number of halogens is 1. The molecule has 1 amide bonds. The average molecular weight is 406 g/mol. The van der Waals surface area contributed by atoms with E-state index in [0.29, 0.717) is 36.8 Å². The highest BCUT2D eigenvalue weighted by atomic mass is 19.1. The van der Waals surface area contributed by atoms with Crippen LogP contribution in [-0.2, 0) is 4.79 Å². The number of amides is 1. The predicted octanol–water partition coefficient (Wildman–Crippen LogP) is 4.93. The smallest absolute Gasteiger partial charge is 0.257 e. The Morgan fingerprint density at radius 2 is 1.83 bits per heavy atom. The van der Waals surface area contributed by atoms with Crippen LogP contribution in [-0.4, -0.2) is 40.7 Å². The van der Waals surface area contributed by atoms with E-state index in [1.807, 2.05) is 36.4 Å². The van der Waals surface area contributed by atoms with E-state index in [-0.39, 0.29) is 17.8 Å². The van der Waals surface area contributed by atoms with Crippen LogP contribution in [0.2, 0.25) is 0 Å². The number of benzene rings is 2. The maximum Gasteiger partial charge on any atom is 0.257 e. The summed E-state index contributed by atoms with van der Waals surface area (Å²) in [5.41, 5.74) is 2.09. The zero-order chi connectivity index (χ0) is 20.9. The van der Waals surface area contributed by atoms with Gasteiger partial charge in [-0.05, 0) is 24.5 Å². The summed E-state index contributed by atoms with van der Waals surface area (Å²) in [5.74, 6) is -0.361. The largest absolute Gasteiger partial charge is 0.288 e. The summed E-state index contributed by atoms with van der Waals surface area (Å²) in [5, 5.41) is 6.20. The first-order valence-electron chi connectivity index (χ1n) is 10.7. The Morgan fingerprint density at radius 3 is 2.53 bits per heavy atom. The van der Waals surface area contributed by atoms with Gasteiger partial charge < -0.3 is 0 Å². The lowest BCUT2D eigenvalue weighted by molar-refractivity contribution is -0.134. The Balaban J connectivity index is 1.61. The highest BCUT2D eigenvalue weighted by molar-refractivity contribution is 6.03. The number of rotatable bonds is 7. The van der Waals surface area contributed by atoms with Crippen LogP contribution in [0.3, 0.4) is 0 Å². The van der Waals surface area contributed by atoms with Crippen molar-refractivity contribution < 1.29 is 9.18 Å². The molecule has 2 aliphatic rings. The van der Waals surface area contributed by atoms with E-state index in [2.05, 4.69) is 16.6 Å². The molecule has 2 aromatic carbocycles. The monoisotopic (exact) mass is 405 g/mol. The van der Waals surface area contributed by atoms with Gasteiger partial charge in [0.15, 0.2) is 0 Å². The lowest BCUT2D eigenvalue weighted by atomic mass is 9.98. The van der Waals surface area contributed by atoms with Crippen LogP contribution in [0.25, 0.3) is 0 Å². The van der Waals surface area contributed by atoms with Crippen molar-refractivity contribution in [1.29, 1.82) is 0 Å². The Hall–Kier alpha value is -2.79. The van der Waals surface area contributed by atoms with E-state index >= 15 is 0 Å². The van der Waals surface area contributed by atoms with Gasteiger partial charge >= 0.3 is 0 Å². The molecule has 0 radical (unpaired) electrons. The molecule has 1 fully saturated rings. The van der Waals surface area contributed by atoms with Crippen molar-refractivity contribution >= 4 is 11.6 Å². The van der Waals surface area contributed by atoms with Crippen LogP contribution in [0.1, 0.15) is 49.3 Å². The SMILES string of the molecule is C=CCN(CC(=O)N1N=C(c2ccccc2F)CC1c1ccccc1)C1CCCC1. The summed E-state index contributed by atoms with van der Waals surface area (Å²) in [6.07, 6.45) is 7.01. The molecule has 4 nitrogen and oxygen atoms in total. The minimum Gasteiger partial charge on any atom is -0.288 e. The van der Waals surface area contributed by atoms with Gasteiger partial charge in [0, 0.05) is 24.6 Å². The third kappa shape index (κ3) is 4.36. The summed E-state index contributed by atoms with van der Waals surface area (Å²) in [4.78, 5) is 15.6. The third-order valence-corrected chi connectivity index (χ3v) is 6.08. The van der Waals surface area contributed by atoms with Crippen LogP contribution in [0, 0.1) is 5.82 Å². The van der Waals surface area contributed by atoms with Gasteiger partial charge in [-0.25, -0.2) is 9.40 Å². The van der Waals surface area contributed by atoms with Gasteiger partial charge in [-0.2, -0.15) is 5.10 Å². The summed E-state index contributed by atoms with van der Waals surface area (Å²) >= 11 is 0. The lowest BCUT2D eigenvalue weighted by Gasteiger charge is -2.30. The van der Waals surface area contributed by atoms with Gasteiger partial charge in [0.1, 0.15) is 5.82 Å². The summed E-state index contributed by atoms with van der Waals surface area (Å²) in [7, 11) is 0. The van der Waals surface area contributed by atoms with Crippen LogP contribution >= 0.6 is 0 Å². The molecular formula is C25H28FN3O. The van der Waals surface area contributed by atoms with E-state index in [1.165, 1.54) is 18.9 Å². The minimum absolute atomic E-state index is 0.0519. The number of nitrogens with zero attached hydrogens (tertiary/aromatic N) is 3. The van der Waals surface area contributed by atoms with Crippen LogP contribution < -0.4 is 0 Å². The first-order valence-corrected chi connectivity index (χ1v) is 10.7. The van der Waals surface area contributed by atoms with Crippen molar-refractivity contribution in [2.45, 2.75) is 44.2 Å². The molecule has 1 aliphatic carbocycles. The zero-order valence-corrected chi connectivity index (χ0v) is 17.2. The fourth-order valence-corrected chi connectivity index (χ4v) is 4.56. The molecule has 5 heteroatoms. The van der Waals surface area contributed by atoms with Crippen molar-refractivity contribution in [3.8, 4) is 0 Å². The molecule has 4 rings (SSSR count). The van der Waals surface area contributed by atoms with Gasteiger partial charge in [-0.1, -0.05) is 67.4 Å². The molecule has 1 atom stereocenters. The second-order valence-corrected chi connectivity index (χ2v) is 8.05. The third-order valence-electron chi connectivity index (χ3n) is 6.08. The molecule has 1 saturated carbocycles. The fourth-order valence-electron chi connectivity index (χ4n) is 4.56. The maximum absolute atomic E-state index is 14.4. The number of hydrogen-bond donors (Lipinski definition) is 0. The van der Waals surface area contributed by atoms with Gasteiger partial charge in [0.2, 0.25) is 0 Å². The highest BCUT2D eigenvalue weighted by Crippen LogP contribution is 2.34. The van der Waals surface area contributed by atoms with E-state index in [4.69, 9.17) is 0 Å². The molecule has 2 aromatic rings. The molecule has 0 aromatic heterocycles. The average Bonchev–Trinajstić information content (AvgIpc) is 3.45. The first kappa shape index (κ1) is 20.5. The van der Waals surface area contributed by atoms with Crippen molar-refractivity contribution in [2.24, 2.45) is 5.10 Å². The van der Waals surface area contributed by atoms with Gasteiger partial charge in [-0.15, -0.1) is 6.58 Å². The molecule has 0 bridgehead atoms. The highest BCUT2D eigenvalue weighted by Gasteiger charge is 2.35. The van der Waals surface area contributed by atoms with Gasteiger partial charge in [0.25, 0.3) is 5.91 Å². The Labute approximate surface area is 177 Å². The second kappa shape index (κ2) is 9.35. The molecule has 30 heavy (non-hydrogen) atoms. The summed E-state index contributed by atoms with van der Waals surface area (Å²) in [6.45, 7) is 4.85. The molecule has 0 spiro atoms. The van der Waals surface area contributed by atoms with Crippen molar-refractivity contribution in [1.82, 2.24) is 9.91 Å². The number of carbonyl (C=O) groups is 1. The van der Waals surface area contributed by atoms with Gasteiger partial charge in [-0.3, -0.25) is 9.69 Å². The predicted molar refractivity (Wildman–Crippen MR) is 118 cm³/mol. The van der Waals surface area contributed by atoms with Crippen molar-refractivity contribution in [2.75, 3.05) is 13.1 Å². The van der Waals surface area contributed by atoms with Gasteiger partial charge in [0.05, 0.1) is 18.3 Å². The standard InChI is InChI=1S/C25H28FN3O/c1-2-16-28(20-12-6-7-13-20)18-25(30)29-24(19-10-4-3-5-11-19)17-23(27-29)21-14-8-9-15-22(21)26/h2-5,8-11,14-15,20,24H,1,6-7,12-13,16-18H2. The van der Waals surface area contributed by atoms with E-state index < -0.39 is 0 Å². The molecule has 1 unspecified atom stereocenters. The maximum atomic E-state index is 14.4. The molecule has 1 aliphatic heterocycles. The quantitative estimate of drug-likeness (QED) is 0.612. The van der Waals surface area contributed by atoms with E-state index in [1.54, 1.807) is 23.2 Å². The van der Waals surface area contributed by atoms with E-state index in [0.717, 1.165) is 18.4 Å². The molecule has 0 N–H and O–H groups in total. The van der Waals surface area contributed by atoms with Crippen molar-refractivity contribution in [3.63, 3.8) is 0 Å². The van der Waals surface area contributed by atoms with Crippen LogP contribution in [0.5, 0.6) is 0 Å². The lowest BCUT2D eigenvalue weighted by Crippen LogP contribution is -2.42. The second-order valence-electron chi connectivity index (χ2n) is 8.05. The molecule has 1 heterocycles. The summed E-state index contributed by atoms with van der Waals surface area (Å²) in [6, 6.07) is 16.7. The first-order chi connectivity index (χ1) is 14.7. The summed E-state index contributed by atoms with van der Waals surface area (Å²) < 4.78 is 14.4. The molecule has 156 valence electrons. The van der Waals surface area contributed by atoms with Crippen LogP contribution in [0.4, 0.5) is 4.39 Å². The number of hydrogen-bond acceptors (Lipinski definition) is 3. The number of hydrazone groups is 1. The molecular weight excluding hydrogens is 377 g/mol. The van der Waals surface area contributed by atoms with Crippen molar-refractivity contribution in [3.05, 3.63) is 84.2 Å². The fraction of sp³-hybridized carbons (Fsp3) is 0.360. The Bertz CT molecular complexity index is 921. The zero-order valence-electron chi connectivity index (χ0n) is 17.2. The number of carbonyl (C=O) groups excluding carboxylic acids is 1.